The normalized spacial score (nSPS) is 12.1. The third kappa shape index (κ3) is 6.19. The zero-order chi connectivity index (χ0) is 19.8. The van der Waals surface area contributed by atoms with E-state index in [4.69, 9.17) is 4.74 Å². The maximum atomic E-state index is 13.2. The number of benzene rings is 3. The first kappa shape index (κ1) is 20.1. The van der Waals surface area contributed by atoms with Crippen LogP contribution in [0.4, 0.5) is 4.39 Å². The largest absolute Gasteiger partial charge is 0.491 e. The predicted molar refractivity (Wildman–Crippen MR) is 110 cm³/mol. The maximum Gasteiger partial charge on any atom is 0.123 e. The van der Waals surface area contributed by atoms with E-state index in [2.05, 4.69) is 24.0 Å². The fraction of sp³-hybridized carbons (Fsp3) is 0.250. The van der Waals surface area contributed by atoms with Gasteiger partial charge in [0.25, 0.3) is 0 Å². The second-order valence-electron chi connectivity index (χ2n) is 7.00. The third-order valence-electron chi connectivity index (χ3n) is 4.63. The number of nitrogens with zero attached hydrogens (tertiary/aromatic N) is 1. The molecule has 0 saturated carbocycles. The molecule has 0 aliphatic heterocycles. The molecule has 0 spiro atoms. The molecule has 0 saturated heterocycles. The number of para-hydroxylation sites is 1. The lowest BCUT2D eigenvalue weighted by Gasteiger charge is -2.26. The molecule has 3 rings (SSSR count). The van der Waals surface area contributed by atoms with Gasteiger partial charge in [-0.15, -0.1) is 0 Å². The fourth-order valence-corrected chi connectivity index (χ4v) is 3.12. The lowest BCUT2D eigenvalue weighted by molar-refractivity contribution is 0.0628. The van der Waals surface area contributed by atoms with Crippen molar-refractivity contribution in [3.63, 3.8) is 0 Å². The summed E-state index contributed by atoms with van der Waals surface area (Å²) in [5, 5.41) is 10.5. The van der Waals surface area contributed by atoms with Gasteiger partial charge in [-0.1, -0.05) is 54.6 Å². The van der Waals surface area contributed by atoms with Gasteiger partial charge in [-0.3, -0.25) is 4.90 Å². The summed E-state index contributed by atoms with van der Waals surface area (Å²) in [6.45, 7) is 4.08. The van der Waals surface area contributed by atoms with Crippen molar-refractivity contribution in [2.24, 2.45) is 0 Å². The average molecular weight is 379 g/mol. The van der Waals surface area contributed by atoms with Crippen LogP contribution in [0.25, 0.3) is 0 Å². The molecule has 0 heterocycles. The average Bonchev–Trinajstić information content (AvgIpc) is 2.71. The van der Waals surface area contributed by atoms with Gasteiger partial charge < -0.3 is 9.84 Å². The Labute approximate surface area is 166 Å². The lowest BCUT2D eigenvalue weighted by atomic mass is 10.1. The number of hydrogen-bond acceptors (Lipinski definition) is 3. The molecular formula is C24H26FNO2. The first-order chi connectivity index (χ1) is 13.6. The number of ether oxygens (including phenoxy) is 1. The van der Waals surface area contributed by atoms with Gasteiger partial charge in [0.15, 0.2) is 0 Å². The lowest BCUT2D eigenvalue weighted by Crippen LogP contribution is -2.35. The van der Waals surface area contributed by atoms with Gasteiger partial charge in [-0.2, -0.15) is 0 Å². The van der Waals surface area contributed by atoms with Gasteiger partial charge in [0, 0.05) is 19.6 Å². The molecule has 3 aromatic rings. The molecule has 28 heavy (non-hydrogen) atoms. The summed E-state index contributed by atoms with van der Waals surface area (Å²) in [6.07, 6.45) is -0.635. The Morgan fingerprint density at radius 3 is 2.29 bits per heavy atom. The van der Waals surface area contributed by atoms with Crippen molar-refractivity contribution in [3.05, 3.63) is 101 Å². The smallest absolute Gasteiger partial charge is 0.123 e. The second kappa shape index (κ2) is 10.0. The van der Waals surface area contributed by atoms with Crippen molar-refractivity contribution < 1.29 is 14.2 Å². The van der Waals surface area contributed by atoms with E-state index in [1.807, 2.05) is 42.5 Å². The highest BCUT2D eigenvalue weighted by Crippen LogP contribution is 2.15. The van der Waals surface area contributed by atoms with Crippen LogP contribution in [0, 0.1) is 12.7 Å². The molecule has 0 aliphatic rings. The molecule has 0 aromatic heterocycles. The maximum absolute atomic E-state index is 13.2. The van der Waals surface area contributed by atoms with Crippen LogP contribution < -0.4 is 4.74 Å². The van der Waals surface area contributed by atoms with Gasteiger partial charge in [0.2, 0.25) is 0 Å². The van der Waals surface area contributed by atoms with Crippen molar-refractivity contribution in [2.45, 2.75) is 26.1 Å². The molecule has 4 heteroatoms. The molecule has 3 nitrogen and oxygen atoms in total. The minimum atomic E-state index is -0.635. The Bertz CT molecular complexity index is 852. The van der Waals surface area contributed by atoms with Gasteiger partial charge in [-0.25, -0.2) is 4.39 Å². The number of aliphatic hydroxyl groups excluding tert-OH is 1. The van der Waals surface area contributed by atoms with Gasteiger partial charge in [-0.05, 0) is 47.9 Å². The number of hydrogen-bond donors (Lipinski definition) is 1. The molecular weight excluding hydrogens is 353 g/mol. The van der Waals surface area contributed by atoms with Crippen molar-refractivity contribution in [2.75, 3.05) is 13.2 Å². The van der Waals surface area contributed by atoms with Crippen LogP contribution in [0.5, 0.6) is 5.75 Å². The van der Waals surface area contributed by atoms with Crippen LogP contribution in [0.3, 0.4) is 0 Å². The van der Waals surface area contributed by atoms with Gasteiger partial charge in [0.1, 0.15) is 24.3 Å². The Kier molecular flexibility index (Phi) is 7.18. The van der Waals surface area contributed by atoms with Crippen LogP contribution in [0.2, 0.25) is 0 Å². The summed E-state index contributed by atoms with van der Waals surface area (Å²) in [6, 6.07) is 24.2. The first-order valence-electron chi connectivity index (χ1n) is 9.47. The summed E-state index contributed by atoms with van der Waals surface area (Å²) >= 11 is 0. The zero-order valence-electron chi connectivity index (χ0n) is 16.1. The SMILES string of the molecule is Cc1ccccc1CN(Cc1ccc(F)cc1)C[C@H](O)COc1ccccc1. The van der Waals surface area contributed by atoms with Crippen LogP contribution in [0.1, 0.15) is 16.7 Å². The molecule has 0 bridgehead atoms. The molecule has 3 aromatic carbocycles. The quantitative estimate of drug-likeness (QED) is 0.591. The molecule has 1 N–H and O–H groups in total. The van der Waals surface area contributed by atoms with Crippen molar-refractivity contribution in [1.82, 2.24) is 4.90 Å². The second-order valence-corrected chi connectivity index (χ2v) is 7.00. The molecule has 0 fully saturated rings. The van der Waals surface area contributed by atoms with E-state index in [0.29, 0.717) is 19.6 Å². The molecule has 146 valence electrons. The molecule has 0 amide bonds. The van der Waals surface area contributed by atoms with E-state index >= 15 is 0 Å². The topological polar surface area (TPSA) is 32.7 Å². The summed E-state index contributed by atoms with van der Waals surface area (Å²) in [5.41, 5.74) is 3.42. The molecule has 0 radical (unpaired) electrons. The Balaban J connectivity index is 1.65. The minimum Gasteiger partial charge on any atom is -0.491 e. The fourth-order valence-electron chi connectivity index (χ4n) is 3.12. The zero-order valence-corrected chi connectivity index (χ0v) is 16.1. The summed E-state index contributed by atoms with van der Waals surface area (Å²) < 4.78 is 18.9. The number of aliphatic hydroxyl groups is 1. The highest BCUT2D eigenvalue weighted by atomic mass is 19.1. The van der Waals surface area contributed by atoms with E-state index < -0.39 is 6.10 Å². The van der Waals surface area contributed by atoms with Crippen molar-refractivity contribution in [1.29, 1.82) is 0 Å². The van der Waals surface area contributed by atoms with E-state index in [1.54, 1.807) is 12.1 Å². The van der Waals surface area contributed by atoms with Gasteiger partial charge in [0.05, 0.1) is 0 Å². The van der Waals surface area contributed by atoms with E-state index in [-0.39, 0.29) is 12.4 Å². The molecule has 0 unspecified atom stereocenters. The summed E-state index contributed by atoms with van der Waals surface area (Å²) in [5.74, 6) is 0.496. The van der Waals surface area contributed by atoms with Crippen LogP contribution in [0.15, 0.2) is 78.9 Å². The Hall–Kier alpha value is -2.69. The Morgan fingerprint density at radius 1 is 0.893 bits per heavy atom. The number of aryl methyl sites for hydroxylation is 1. The Morgan fingerprint density at radius 2 is 1.57 bits per heavy atom. The van der Waals surface area contributed by atoms with Gasteiger partial charge >= 0.3 is 0 Å². The van der Waals surface area contributed by atoms with Crippen LogP contribution in [-0.4, -0.2) is 29.3 Å². The standard InChI is InChI=1S/C24H26FNO2/c1-19-7-5-6-8-21(19)16-26(15-20-11-13-22(25)14-12-20)17-23(27)18-28-24-9-3-2-4-10-24/h2-14,23,27H,15-18H2,1H3/t23-/m0/s1. The minimum absolute atomic E-state index is 0.220. The number of rotatable bonds is 9. The van der Waals surface area contributed by atoms with Crippen molar-refractivity contribution in [3.8, 4) is 5.75 Å². The highest BCUT2D eigenvalue weighted by molar-refractivity contribution is 5.26. The summed E-state index contributed by atoms with van der Waals surface area (Å²) in [7, 11) is 0. The number of halogens is 1. The van der Waals surface area contributed by atoms with Crippen molar-refractivity contribution >= 4 is 0 Å². The molecule has 1 atom stereocenters. The predicted octanol–water partition coefficient (Wildman–Crippen LogP) is 4.58. The van der Waals surface area contributed by atoms with E-state index in [9.17, 15) is 9.50 Å². The third-order valence-corrected chi connectivity index (χ3v) is 4.63. The molecule has 0 aliphatic carbocycles. The van der Waals surface area contributed by atoms with E-state index in [0.717, 1.165) is 11.3 Å². The monoisotopic (exact) mass is 379 g/mol. The summed E-state index contributed by atoms with van der Waals surface area (Å²) in [4.78, 5) is 2.16. The highest BCUT2D eigenvalue weighted by Gasteiger charge is 2.15. The van der Waals surface area contributed by atoms with Crippen LogP contribution >= 0.6 is 0 Å². The first-order valence-corrected chi connectivity index (χ1v) is 9.47. The van der Waals surface area contributed by atoms with Crippen LogP contribution in [-0.2, 0) is 13.1 Å². The van der Waals surface area contributed by atoms with E-state index in [1.165, 1.54) is 23.3 Å².